The SMILES string of the molecule is COC(=O)c1ccc(C2CN(CC(F)F)CCN2Cc2c(OC)cc(C)c3c2ccn3C(=O)OC(C)(C)C)cc1OC1COC1. The van der Waals surface area contributed by atoms with Gasteiger partial charge in [0.2, 0.25) is 0 Å². The van der Waals surface area contributed by atoms with Crippen LogP contribution < -0.4 is 9.47 Å². The molecule has 45 heavy (non-hydrogen) atoms. The van der Waals surface area contributed by atoms with Crippen molar-refractivity contribution >= 4 is 23.0 Å². The van der Waals surface area contributed by atoms with Gasteiger partial charge >= 0.3 is 12.1 Å². The van der Waals surface area contributed by atoms with E-state index in [9.17, 15) is 18.4 Å². The predicted octanol–water partition coefficient (Wildman–Crippen LogP) is 5.43. The number of hydrogen-bond acceptors (Lipinski definition) is 9. The molecule has 0 radical (unpaired) electrons. The van der Waals surface area contributed by atoms with E-state index in [0.29, 0.717) is 56.4 Å². The lowest BCUT2D eigenvalue weighted by Crippen LogP contribution is -2.49. The Balaban J connectivity index is 1.54. The fourth-order valence-electron chi connectivity index (χ4n) is 5.90. The van der Waals surface area contributed by atoms with Gasteiger partial charge in [-0.3, -0.25) is 14.4 Å². The Hall–Kier alpha value is -3.74. The highest BCUT2D eigenvalue weighted by molar-refractivity contribution is 5.95. The molecule has 0 N–H and O–H groups in total. The van der Waals surface area contributed by atoms with Gasteiger partial charge in [0, 0.05) is 49.4 Å². The molecule has 0 spiro atoms. The molecule has 2 aromatic carbocycles. The molecule has 2 aliphatic rings. The quantitative estimate of drug-likeness (QED) is 0.288. The second-order valence-electron chi connectivity index (χ2n) is 12.5. The number of nitrogens with zero attached hydrogens (tertiary/aromatic N) is 3. The van der Waals surface area contributed by atoms with Gasteiger partial charge in [-0.15, -0.1) is 0 Å². The van der Waals surface area contributed by atoms with Gasteiger partial charge in [-0.1, -0.05) is 6.07 Å². The summed E-state index contributed by atoms with van der Waals surface area (Å²) in [6.07, 6.45) is -1.45. The van der Waals surface area contributed by atoms with E-state index < -0.39 is 24.1 Å². The summed E-state index contributed by atoms with van der Waals surface area (Å²) in [7, 11) is 2.91. The Bertz CT molecular complexity index is 1550. The first-order valence-electron chi connectivity index (χ1n) is 15.0. The van der Waals surface area contributed by atoms with Crippen LogP contribution in [0, 0.1) is 6.92 Å². The lowest BCUT2D eigenvalue weighted by Gasteiger charge is -2.42. The van der Waals surface area contributed by atoms with E-state index in [2.05, 4.69) is 4.90 Å². The molecule has 12 heteroatoms. The number of aryl methyl sites for hydroxylation is 1. The van der Waals surface area contributed by atoms with Crippen molar-refractivity contribution in [3.63, 3.8) is 0 Å². The number of benzene rings is 2. The predicted molar refractivity (Wildman–Crippen MR) is 163 cm³/mol. The number of halogens is 2. The standard InChI is InChI=1S/C33H41F2N3O7/c1-20-13-27(41-5)25(23-9-10-38(30(20)23)32(40)45-33(2,3)4)15-37-12-11-36(17-29(34)35)16-26(37)21-7-8-24(31(39)42-6)28(14-21)44-22-18-43-19-22/h7-10,13-14,22,26,29H,11-12,15-19H2,1-6H3. The minimum Gasteiger partial charge on any atom is -0.496 e. The number of esters is 1. The van der Waals surface area contributed by atoms with Gasteiger partial charge in [-0.2, -0.15) is 0 Å². The van der Waals surface area contributed by atoms with Crippen LogP contribution in [0.15, 0.2) is 36.5 Å². The lowest BCUT2D eigenvalue weighted by atomic mass is 9.97. The minimum absolute atomic E-state index is 0.194. The minimum atomic E-state index is -2.47. The van der Waals surface area contributed by atoms with Crippen LogP contribution in [0.3, 0.4) is 0 Å². The molecule has 1 atom stereocenters. The van der Waals surface area contributed by atoms with Crippen molar-refractivity contribution in [1.82, 2.24) is 14.4 Å². The number of carbonyl (C=O) groups is 2. The number of carbonyl (C=O) groups excluding carboxylic acids is 2. The van der Waals surface area contributed by atoms with Crippen molar-refractivity contribution in [3.8, 4) is 11.5 Å². The average Bonchev–Trinajstić information content (AvgIpc) is 3.41. The maximum Gasteiger partial charge on any atom is 0.419 e. The van der Waals surface area contributed by atoms with Crippen LogP contribution in [-0.4, -0.2) is 98.2 Å². The number of alkyl halides is 2. The highest BCUT2D eigenvalue weighted by Crippen LogP contribution is 2.37. The van der Waals surface area contributed by atoms with Crippen LogP contribution in [0.4, 0.5) is 13.6 Å². The molecule has 1 aromatic heterocycles. The molecular weight excluding hydrogens is 588 g/mol. The van der Waals surface area contributed by atoms with Gasteiger partial charge < -0.3 is 23.7 Å². The van der Waals surface area contributed by atoms with E-state index in [4.69, 9.17) is 23.7 Å². The van der Waals surface area contributed by atoms with Gasteiger partial charge in [0.1, 0.15) is 28.8 Å². The summed E-state index contributed by atoms with van der Waals surface area (Å²) >= 11 is 0. The van der Waals surface area contributed by atoms with Crippen LogP contribution in [0.2, 0.25) is 0 Å². The first kappa shape index (κ1) is 32.6. The number of hydrogen-bond donors (Lipinski definition) is 0. The summed E-state index contributed by atoms with van der Waals surface area (Å²) in [4.78, 5) is 29.6. The molecule has 0 aliphatic carbocycles. The van der Waals surface area contributed by atoms with Crippen molar-refractivity contribution in [2.75, 3.05) is 53.6 Å². The molecule has 0 saturated carbocycles. The Morgan fingerprint density at radius 2 is 1.82 bits per heavy atom. The monoisotopic (exact) mass is 629 g/mol. The molecule has 0 bridgehead atoms. The first-order valence-corrected chi connectivity index (χ1v) is 15.0. The summed E-state index contributed by atoms with van der Waals surface area (Å²) < 4.78 is 56.4. The van der Waals surface area contributed by atoms with Crippen molar-refractivity contribution in [2.45, 2.75) is 58.4 Å². The maximum atomic E-state index is 13.5. The van der Waals surface area contributed by atoms with Gasteiger partial charge in [0.15, 0.2) is 0 Å². The van der Waals surface area contributed by atoms with E-state index >= 15 is 0 Å². The summed E-state index contributed by atoms with van der Waals surface area (Å²) in [5, 5.41) is 0.835. The Labute approximate surface area is 261 Å². The molecule has 244 valence electrons. The van der Waals surface area contributed by atoms with E-state index in [1.165, 1.54) is 11.7 Å². The van der Waals surface area contributed by atoms with Crippen LogP contribution in [0.25, 0.3) is 10.9 Å². The smallest absolute Gasteiger partial charge is 0.419 e. The topological polar surface area (TPSA) is 91.7 Å². The number of fused-ring (bicyclic) bond motifs is 1. The Kier molecular flexibility index (Phi) is 9.66. The summed E-state index contributed by atoms with van der Waals surface area (Å²) in [5.41, 5.74) is 2.85. The third kappa shape index (κ3) is 7.23. The third-order valence-corrected chi connectivity index (χ3v) is 8.07. The normalized spacial score (nSPS) is 18.2. The lowest BCUT2D eigenvalue weighted by molar-refractivity contribution is -0.0800. The Morgan fingerprint density at radius 1 is 1.07 bits per heavy atom. The third-order valence-electron chi connectivity index (χ3n) is 8.07. The zero-order valence-electron chi connectivity index (χ0n) is 26.6. The number of piperazine rings is 1. The highest BCUT2D eigenvalue weighted by Gasteiger charge is 2.33. The number of methoxy groups -OCH3 is 2. The van der Waals surface area contributed by atoms with E-state index in [-0.39, 0.29) is 24.3 Å². The first-order chi connectivity index (χ1) is 21.4. The molecule has 5 rings (SSSR count). The zero-order valence-corrected chi connectivity index (χ0v) is 26.6. The van der Waals surface area contributed by atoms with Crippen molar-refractivity contribution < 1.29 is 42.1 Å². The van der Waals surface area contributed by atoms with Crippen LogP contribution >= 0.6 is 0 Å². The van der Waals surface area contributed by atoms with E-state index in [0.717, 1.165) is 22.1 Å². The molecule has 3 heterocycles. The largest absolute Gasteiger partial charge is 0.496 e. The maximum absolute atomic E-state index is 13.5. The molecule has 10 nitrogen and oxygen atoms in total. The summed E-state index contributed by atoms with van der Waals surface area (Å²) in [6.45, 7) is 9.54. The second kappa shape index (κ2) is 13.3. The van der Waals surface area contributed by atoms with Gasteiger partial charge in [-0.25, -0.2) is 18.4 Å². The fraction of sp³-hybridized carbons (Fsp3) is 0.515. The fourth-order valence-corrected chi connectivity index (χ4v) is 5.90. The van der Waals surface area contributed by atoms with Gasteiger partial charge in [0.05, 0.1) is 39.5 Å². The van der Waals surface area contributed by atoms with Crippen LogP contribution in [0.1, 0.15) is 53.9 Å². The van der Waals surface area contributed by atoms with Crippen molar-refractivity contribution in [2.24, 2.45) is 0 Å². The molecule has 3 aromatic rings. The van der Waals surface area contributed by atoms with Crippen molar-refractivity contribution in [1.29, 1.82) is 0 Å². The molecule has 2 saturated heterocycles. The van der Waals surface area contributed by atoms with Gasteiger partial charge in [0.25, 0.3) is 6.43 Å². The van der Waals surface area contributed by atoms with Gasteiger partial charge in [-0.05, 0) is 63.1 Å². The van der Waals surface area contributed by atoms with E-state index in [1.807, 2.05) is 45.9 Å². The molecule has 2 fully saturated rings. The van der Waals surface area contributed by atoms with E-state index in [1.54, 1.807) is 30.3 Å². The molecule has 1 unspecified atom stereocenters. The summed E-state index contributed by atoms with van der Waals surface area (Å²) in [6, 6.07) is 8.74. The average molecular weight is 630 g/mol. The number of ether oxygens (including phenoxy) is 5. The van der Waals surface area contributed by atoms with Crippen LogP contribution in [-0.2, 0) is 20.8 Å². The number of rotatable bonds is 9. The molecule has 0 amide bonds. The zero-order chi connectivity index (χ0) is 32.5. The highest BCUT2D eigenvalue weighted by atomic mass is 19.3. The van der Waals surface area contributed by atoms with Crippen molar-refractivity contribution in [3.05, 3.63) is 58.8 Å². The molecule has 2 aliphatic heterocycles. The Morgan fingerprint density at radius 3 is 2.44 bits per heavy atom. The molecular formula is C33H41F2N3O7. The van der Waals surface area contributed by atoms with Crippen LogP contribution in [0.5, 0.6) is 11.5 Å². The summed E-state index contributed by atoms with van der Waals surface area (Å²) in [5.74, 6) is 0.493. The second-order valence-corrected chi connectivity index (χ2v) is 12.5. The number of aromatic nitrogens is 1.